The number of aliphatic imine (C=N–C) groups is 1. The third-order valence-electron chi connectivity index (χ3n) is 5.17. The average molecular weight is 495 g/mol. The second-order valence-electron chi connectivity index (χ2n) is 7.48. The normalized spacial score (nSPS) is 22.7. The van der Waals surface area contributed by atoms with Crippen molar-refractivity contribution in [2.45, 2.75) is 46.1 Å². The number of morpholine rings is 1. The van der Waals surface area contributed by atoms with Crippen LogP contribution in [0.3, 0.4) is 0 Å². The van der Waals surface area contributed by atoms with Crippen molar-refractivity contribution in [2.24, 2.45) is 10.9 Å². The van der Waals surface area contributed by atoms with Gasteiger partial charge in [-0.2, -0.15) is 0 Å². The van der Waals surface area contributed by atoms with Crippen LogP contribution in [0.1, 0.15) is 40.0 Å². The predicted molar refractivity (Wildman–Crippen MR) is 121 cm³/mol. The van der Waals surface area contributed by atoms with Gasteiger partial charge in [0.2, 0.25) is 5.91 Å². The zero-order chi connectivity index (χ0) is 18.8. The third-order valence-corrected chi connectivity index (χ3v) is 5.17. The van der Waals surface area contributed by atoms with Gasteiger partial charge in [-0.3, -0.25) is 14.7 Å². The van der Waals surface area contributed by atoms with Crippen molar-refractivity contribution in [2.75, 3.05) is 59.0 Å². The van der Waals surface area contributed by atoms with E-state index in [0.29, 0.717) is 24.9 Å². The Hall–Kier alpha value is -0.610. The number of guanidine groups is 1. The zero-order valence-electron chi connectivity index (χ0n) is 17.2. The van der Waals surface area contributed by atoms with Crippen LogP contribution in [0, 0.1) is 5.92 Å². The molecular formula is C19H38IN5O2. The maximum absolute atomic E-state index is 12.4. The van der Waals surface area contributed by atoms with Crippen molar-refractivity contribution in [1.82, 2.24) is 20.4 Å². The highest BCUT2D eigenvalue weighted by molar-refractivity contribution is 14.0. The Morgan fingerprint density at radius 3 is 2.67 bits per heavy atom. The molecule has 27 heavy (non-hydrogen) atoms. The van der Waals surface area contributed by atoms with E-state index in [-0.39, 0.29) is 29.9 Å². The first-order chi connectivity index (χ1) is 12.6. The minimum Gasteiger partial charge on any atom is -0.379 e. The van der Waals surface area contributed by atoms with Crippen LogP contribution in [0.15, 0.2) is 4.99 Å². The minimum atomic E-state index is 0. The van der Waals surface area contributed by atoms with Gasteiger partial charge in [0.05, 0.1) is 19.8 Å². The summed E-state index contributed by atoms with van der Waals surface area (Å²) in [4.78, 5) is 21.5. The van der Waals surface area contributed by atoms with Crippen LogP contribution in [0.25, 0.3) is 0 Å². The summed E-state index contributed by atoms with van der Waals surface area (Å²) in [6.07, 6.45) is 2.89. The number of carbonyl (C=O) groups is 1. The number of ether oxygens (including phenoxy) is 1. The largest absolute Gasteiger partial charge is 0.379 e. The topological polar surface area (TPSA) is 69.2 Å². The standard InChI is InChI=1S/C19H37N5O2.HI/c1-4-20-19(22-14-17(3)23-10-12-26-13-11-23)21-8-7-18(25)24-9-5-6-16(2)15-24;/h16-17H,4-15H2,1-3H3,(H2,20,21,22);1H. The number of rotatable bonds is 7. The van der Waals surface area contributed by atoms with Crippen molar-refractivity contribution < 1.29 is 9.53 Å². The first-order valence-electron chi connectivity index (χ1n) is 10.2. The van der Waals surface area contributed by atoms with Gasteiger partial charge in [0.15, 0.2) is 5.96 Å². The Kier molecular flexibility index (Phi) is 12.3. The second-order valence-corrected chi connectivity index (χ2v) is 7.48. The molecule has 2 atom stereocenters. The number of likely N-dealkylation sites (tertiary alicyclic amines) is 1. The molecule has 0 spiro atoms. The van der Waals surface area contributed by atoms with Gasteiger partial charge in [-0.15, -0.1) is 24.0 Å². The average Bonchev–Trinajstić information content (AvgIpc) is 2.66. The quantitative estimate of drug-likeness (QED) is 0.319. The Bertz CT molecular complexity index is 457. The van der Waals surface area contributed by atoms with Crippen LogP contribution < -0.4 is 10.6 Å². The zero-order valence-corrected chi connectivity index (χ0v) is 19.5. The van der Waals surface area contributed by atoms with E-state index in [0.717, 1.165) is 64.9 Å². The van der Waals surface area contributed by atoms with Gasteiger partial charge in [0, 0.05) is 51.7 Å². The number of nitrogens with one attached hydrogen (secondary N) is 2. The monoisotopic (exact) mass is 495 g/mol. The molecule has 2 heterocycles. The molecule has 7 nitrogen and oxygen atoms in total. The molecule has 0 saturated carbocycles. The van der Waals surface area contributed by atoms with E-state index in [4.69, 9.17) is 9.73 Å². The molecule has 2 N–H and O–H groups in total. The summed E-state index contributed by atoms with van der Waals surface area (Å²) in [6.45, 7) is 14.1. The highest BCUT2D eigenvalue weighted by Gasteiger charge is 2.20. The van der Waals surface area contributed by atoms with Crippen LogP contribution >= 0.6 is 24.0 Å². The van der Waals surface area contributed by atoms with Crippen LogP contribution in [0.2, 0.25) is 0 Å². The molecule has 0 aromatic carbocycles. The van der Waals surface area contributed by atoms with E-state index in [1.165, 1.54) is 6.42 Å². The lowest BCUT2D eigenvalue weighted by molar-refractivity contribution is -0.132. The summed E-state index contributed by atoms with van der Waals surface area (Å²) in [7, 11) is 0. The smallest absolute Gasteiger partial charge is 0.224 e. The molecule has 0 aromatic rings. The first kappa shape index (κ1) is 24.4. The SMILES string of the molecule is CCNC(=NCC(C)N1CCOCC1)NCCC(=O)N1CCCC(C)C1.I. The lowest BCUT2D eigenvalue weighted by Crippen LogP contribution is -2.45. The van der Waals surface area contributed by atoms with E-state index >= 15 is 0 Å². The molecule has 2 unspecified atom stereocenters. The fraction of sp³-hybridized carbons (Fsp3) is 0.895. The van der Waals surface area contributed by atoms with Gasteiger partial charge in [0.25, 0.3) is 0 Å². The van der Waals surface area contributed by atoms with Crippen molar-refractivity contribution in [3.8, 4) is 0 Å². The number of carbonyl (C=O) groups excluding carboxylic acids is 1. The van der Waals surface area contributed by atoms with Crippen molar-refractivity contribution in [3.05, 3.63) is 0 Å². The van der Waals surface area contributed by atoms with Crippen LogP contribution in [0.5, 0.6) is 0 Å². The lowest BCUT2D eigenvalue weighted by Gasteiger charge is -2.31. The minimum absolute atomic E-state index is 0. The van der Waals surface area contributed by atoms with E-state index in [1.54, 1.807) is 0 Å². The number of nitrogens with zero attached hydrogens (tertiary/aromatic N) is 3. The molecule has 0 aromatic heterocycles. The van der Waals surface area contributed by atoms with E-state index in [2.05, 4.69) is 36.3 Å². The van der Waals surface area contributed by atoms with Gasteiger partial charge >= 0.3 is 0 Å². The van der Waals surface area contributed by atoms with Crippen LogP contribution in [0.4, 0.5) is 0 Å². The summed E-state index contributed by atoms with van der Waals surface area (Å²) in [5.41, 5.74) is 0. The van der Waals surface area contributed by atoms with Gasteiger partial charge in [-0.25, -0.2) is 0 Å². The number of hydrogen-bond acceptors (Lipinski definition) is 4. The third kappa shape index (κ3) is 8.95. The molecule has 0 bridgehead atoms. The highest BCUT2D eigenvalue weighted by Crippen LogP contribution is 2.15. The Morgan fingerprint density at radius 1 is 1.26 bits per heavy atom. The molecule has 2 aliphatic heterocycles. The molecule has 2 fully saturated rings. The summed E-state index contributed by atoms with van der Waals surface area (Å²) in [5.74, 6) is 1.68. The van der Waals surface area contributed by atoms with E-state index < -0.39 is 0 Å². The molecule has 2 rings (SSSR count). The fourth-order valence-corrected chi connectivity index (χ4v) is 3.56. The molecule has 1 amide bonds. The molecular weight excluding hydrogens is 457 g/mol. The van der Waals surface area contributed by atoms with Crippen LogP contribution in [-0.2, 0) is 9.53 Å². The maximum Gasteiger partial charge on any atom is 0.224 e. The number of amides is 1. The van der Waals surface area contributed by atoms with Crippen molar-refractivity contribution in [3.63, 3.8) is 0 Å². The van der Waals surface area contributed by atoms with E-state index in [1.807, 2.05) is 4.90 Å². The highest BCUT2D eigenvalue weighted by atomic mass is 127. The Balaban J connectivity index is 0.00000364. The predicted octanol–water partition coefficient (Wildman–Crippen LogP) is 1.53. The lowest BCUT2D eigenvalue weighted by atomic mass is 10.00. The number of piperidine rings is 1. The summed E-state index contributed by atoms with van der Waals surface area (Å²) >= 11 is 0. The van der Waals surface area contributed by atoms with Crippen LogP contribution in [-0.4, -0.2) is 86.7 Å². The number of hydrogen-bond donors (Lipinski definition) is 2. The van der Waals surface area contributed by atoms with E-state index in [9.17, 15) is 4.79 Å². The second kappa shape index (κ2) is 13.5. The molecule has 0 radical (unpaired) electrons. The fourth-order valence-electron chi connectivity index (χ4n) is 3.56. The molecule has 8 heteroatoms. The Morgan fingerprint density at radius 2 is 2.00 bits per heavy atom. The Labute approximate surface area is 181 Å². The van der Waals surface area contributed by atoms with Gasteiger partial charge < -0.3 is 20.3 Å². The van der Waals surface area contributed by atoms with Crippen molar-refractivity contribution in [1.29, 1.82) is 0 Å². The van der Waals surface area contributed by atoms with Gasteiger partial charge in [0.1, 0.15) is 0 Å². The number of halogens is 1. The molecule has 2 aliphatic rings. The summed E-state index contributed by atoms with van der Waals surface area (Å²) < 4.78 is 5.41. The summed E-state index contributed by atoms with van der Waals surface area (Å²) in [6, 6.07) is 0.394. The molecule has 2 saturated heterocycles. The van der Waals surface area contributed by atoms with Crippen molar-refractivity contribution >= 4 is 35.8 Å². The molecule has 0 aliphatic carbocycles. The first-order valence-corrected chi connectivity index (χ1v) is 10.2. The summed E-state index contributed by atoms with van der Waals surface area (Å²) in [5, 5.41) is 6.58. The molecule has 158 valence electrons. The maximum atomic E-state index is 12.4. The van der Waals surface area contributed by atoms with Gasteiger partial charge in [-0.1, -0.05) is 6.92 Å². The van der Waals surface area contributed by atoms with Gasteiger partial charge in [-0.05, 0) is 32.6 Å².